The van der Waals surface area contributed by atoms with Gasteiger partial charge in [-0.25, -0.2) is 0 Å². The fraction of sp³-hybridized carbons (Fsp3) is 1.00. The Morgan fingerprint density at radius 3 is 2.15 bits per heavy atom. The Kier molecular flexibility index (Phi) is 19.4. The molecule has 0 amide bonds. The molecule has 0 aromatic rings. The van der Waals surface area contributed by atoms with Crippen LogP contribution in [0.15, 0.2) is 0 Å². The summed E-state index contributed by atoms with van der Waals surface area (Å²) in [5.74, 6) is 0. The van der Waals surface area contributed by atoms with Gasteiger partial charge in [-0.05, 0) is 104 Å². The minimum absolute atomic E-state index is 0.325. The summed E-state index contributed by atoms with van der Waals surface area (Å²) < 4.78 is 6.10. The molecule has 0 spiro atoms. The highest BCUT2D eigenvalue weighted by atomic mass is 28.2. The second kappa shape index (κ2) is 19.4. The molecule has 5 heteroatoms. The third-order valence-electron chi connectivity index (χ3n) is 5.51. The Morgan fingerprint density at radius 2 is 1.52 bits per heavy atom. The van der Waals surface area contributed by atoms with Crippen molar-refractivity contribution in [3.8, 4) is 0 Å². The normalized spacial score (nSPS) is 13.7. The van der Waals surface area contributed by atoms with E-state index in [1.807, 2.05) is 0 Å². The summed E-state index contributed by atoms with van der Waals surface area (Å²) >= 11 is 0. The molecule has 0 bridgehead atoms. The van der Waals surface area contributed by atoms with Crippen molar-refractivity contribution in [2.24, 2.45) is 0 Å². The van der Waals surface area contributed by atoms with Gasteiger partial charge in [-0.15, -0.1) is 0 Å². The first-order chi connectivity index (χ1) is 13.1. The predicted octanol–water partition coefficient (Wildman–Crippen LogP) is 3.90. The Balaban J connectivity index is 4.06. The predicted molar refractivity (Wildman–Crippen MR) is 125 cm³/mol. The Labute approximate surface area is 173 Å². The Bertz CT molecular complexity index is 303. The number of nitrogens with zero attached hydrogens (tertiary/aromatic N) is 2. The third kappa shape index (κ3) is 16.7. The van der Waals surface area contributed by atoms with Crippen LogP contribution < -0.4 is 5.32 Å². The molecule has 0 saturated heterocycles. The highest BCUT2D eigenvalue weighted by Crippen LogP contribution is 2.05. The smallest absolute Gasteiger partial charge is 0.162 e. The number of rotatable bonds is 20. The van der Waals surface area contributed by atoms with Crippen LogP contribution in [0.2, 0.25) is 6.04 Å². The van der Waals surface area contributed by atoms with E-state index in [-0.39, 0.29) is 9.76 Å². The van der Waals surface area contributed by atoms with Gasteiger partial charge in [-0.3, -0.25) is 0 Å². The second-order valence-electron chi connectivity index (χ2n) is 8.13. The maximum atomic E-state index is 6.10. The lowest BCUT2D eigenvalue weighted by atomic mass is 10.2. The van der Waals surface area contributed by atoms with E-state index in [0.29, 0.717) is 12.1 Å². The molecular weight excluding hydrogens is 350 g/mol. The molecule has 1 unspecified atom stereocenters. The molecule has 164 valence electrons. The molecule has 0 rings (SSSR count). The van der Waals surface area contributed by atoms with E-state index < -0.39 is 0 Å². The molecule has 0 saturated carbocycles. The van der Waals surface area contributed by atoms with Crippen LogP contribution in [0.25, 0.3) is 0 Å². The molecule has 0 aromatic carbocycles. The van der Waals surface area contributed by atoms with Gasteiger partial charge < -0.3 is 19.5 Å². The molecule has 1 N–H and O–H groups in total. The number of hydrogen-bond donors (Lipinski definition) is 1. The SMILES string of the molecule is CCCN(C)CCCN(CCCNC(C)CC)CCC[SiH2]OC(CC)CC. The van der Waals surface area contributed by atoms with E-state index >= 15 is 0 Å². The molecule has 0 aromatic heterocycles. The molecule has 0 heterocycles. The summed E-state index contributed by atoms with van der Waals surface area (Å²) in [4.78, 5) is 5.17. The molecular formula is C22H51N3OSi. The van der Waals surface area contributed by atoms with Gasteiger partial charge in [0, 0.05) is 12.1 Å². The average molecular weight is 402 g/mol. The van der Waals surface area contributed by atoms with Crippen LogP contribution >= 0.6 is 0 Å². The first kappa shape index (κ1) is 27.1. The van der Waals surface area contributed by atoms with Crippen molar-refractivity contribution >= 4 is 9.76 Å². The summed E-state index contributed by atoms with van der Waals surface area (Å²) in [5.41, 5.74) is 0. The van der Waals surface area contributed by atoms with Crippen molar-refractivity contribution < 1.29 is 4.43 Å². The monoisotopic (exact) mass is 401 g/mol. The van der Waals surface area contributed by atoms with E-state index in [9.17, 15) is 0 Å². The van der Waals surface area contributed by atoms with E-state index in [1.165, 1.54) is 83.7 Å². The number of hydrogen-bond acceptors (Lipinski definition) is 4. The zero-order valence-corrected chi connectivity index (χ0v) is 21.0. The van der Waals surface area contributed by atoms with E-state index in [2.05, 4.69) is 56.8 Å². The fourth-order valence-electron chi connectivity index (χ4n) is 3.40. The lowest BCUT2D eigenvalue weighted by Gasteiger charge is -2.24. The van der Waals surface area contributed by atoms with Crippen molar-refractivity contribution in [3.05, 3.63) is 0 Å². The van der Waals surface area contributed by atoms with E-state index in [0.717, 1.165) is 6.54 Å². The summed E-state index contributed by atoms with van der Waals surface area (Å²) in [6, 6.07) is 1.97. The largest absolute Gasteiger partial charge is 0.421 e. The van der Waals surface area contributed by atoms with Crippen molar-refractivity contribution in [1.82, 2.24) is 15.1 Å². The lowest BCUT2D eigenvalue weighted by molar-refractivity contribution is 0.200. The molecule has 0 radical (unpaired) electrons. The average Bonchev–Trinajstić information content (AvgIpc) is 2.67. The van der Waals surface area contributed by atoms with Crippen LogP contribution in [0, 0.1) is 0 Å². The van der Waals surface area contributed by atoms with Crippen molar-refractivity contribution in [1.29, 1.82) is 0 Å². The highest BCUT2D eigenvalue weighted by Gasteiger charge is 2.08. The summed E-state index contributed by atoms with van der Waals surface area (Å²) in [5, 5.41) is 3.63. The van der Waals surface area contributed by atoms with Gasteiger partial charge in [0.15, 0.2) is 9.76 Å². The maximum Gasteiger partial charge on any atom is 0.162 e. The fourth-order valence-corrected chi connectivity index (χ4v) is 4.80. The van der Waals surface area contributed by atoms with Crippen molar-refractivity contribution in [2.45, 2.75) is 97.8 Å². The zero-order valence-electron chi connectivity index (χ0n) is 19.6. The summed E-state index contributed by atoms with van der Waals surface area (Å²) in [6.07, 6.45) is 9.20. The van der Waals surface area contributed by atoms with Gasteiger partial charge in [0.05, 0.1) is 0 Å². The standard InChI is InChI=1S/C22H51N3OSi/c1-7-15-24(6)16-12-18-25(17-11-14-23-21(5)8-2)19-13-20-27-26-22(9-3)10-4/h21-23H,7-20,27H2,1-6H3. The summed E-state index contributed by atoms with van der Waals surface area (Å²) in [7, 11) is 1.93. The van der Waals surface area contributed by atoms with Crippen LogP contribution in [-0.4, -0.2) is 78.0 Å². The van der Waals surface area contributed by atoms with Gasteiger partial charge in [0.2, 0.25) is 0 Å². The van der Waals surface area contributed by atoms with Crippen LogP contribution in [0.4, 0.5) is 0 Å². The van der Waals surface area contributed by atoms with E-state index in [1.54, 1.807) is 0 Å². The van der Waals surface area contributed by atoms with Crippen LogP contribution in [0.5, 0.6) is 0 Å². The maximum absolute atomic E-state index is 6.10. The Morgan fingerprint density at radius 1 is 0.852 bits per heavy atom. The molecule has 0 aliphatic heterocycles. The second-order valence-corrected chi connectivity index (χ2v) is 9.58. The van der Waals surface area contributed by atoms with Crippen LogP contribution in [-0.2, 0) is 4.43 Å². The van der Waals surface area contributed by atoms with Crippen molar-refractivity contribution in [2.75, 3.05) is 46.3 Å². The molecule has 0 aliphatic rings. The van der Waals surface area contributed by atoms with E-state index in [4.69, 9.17) is 4.43 Å². The minimum Gasteiger partial charge on any atom is -0.421 e. The van der Waals surface area contributed by atoms with Crippen LogP contribution in [0.1, 0.15) is 79.6 Å². The number of nitrogens with one attached hydrogen (secondary N) is 1. The topological polar surface area (TPSA) is 27.7 Å². The molecule has 4 nitrogen and oxygen atoms in total. The lowest BCUT2D eigenvalue weighted by Crippen LogP contribution is -2.33. The first-order valence-corrected chi connectivity index (χ1v) is 13.4. The van der Waals surface area contributed by atoms with Gasteiger partial charge in [0.25, 0.3) is 0 Å². The minimum atomic E-state index is -0.325. The quantitative estimate of drug-likeness (QED) is 0.247. The van der Waals surface area contributed by atoms with Gasteiger partial charge in [0.1, 0.15) is 0 Å². The summed E-state index contributed by atoms with van der Waals surface area (Å²) in [6.45, 7) is 18.6. The molecule has 1 atom stereocenters. The Hall–Kier alpha value is 0.0569. The van der Waals surface area contributed by atoms with Gasteiger partial charge >= 0.3 is 0 Å². The highest BCUT2D eigenvalue weighted by molar-refractivity contribution is 6.27. The van der Waals surface area contributed by atoms with Gasteiger partial charge in [-0.1, -0.05) is 27.7 Å². The molecule has 0 fully saturated rings. The zero-order chi connectivity index (χ0) is 20.3. The first-order valence-electron chi connectivity index (χ1n) is 11.8. The van der Waals surface area contributed by atoms with Crippen molar-refractivity contribution in [3.63, 3.8) is 0 Å². The van der Waals surface area contributed by atoms with Gasteiger partial charge in [-0.2, -0.15) is 0 Å². The third-order valence-corrected chi connectivity index (χ3v) is 7.00. The van der Waals surface area contributed by atoms with Crippen LogP contribution in [0.3, 0.4) is 0 Å². The molecule has 0 aliphatic carbocycles. The molecule has 27 heavy (non-hydrogen) atoms.